The summed E-state index contributed by atoms with van der Waals surface area (Å²) in [4.78, 5) is 29.8. The van der Waals surface area contributed by atoms with Crippen LogP contribution in [0.25, 0.3) is 21.9 Å². The van der Waals surface area contributed by atoms with E-state index in [-0.39, 0.29) is 5.56 Å². The van der Waals surface area contributed by atoms with E-state index in [1.165, 1.54) is 11.6 Å². The zero-order valence-corrected chi connectivity index (χ0v) is 16.0. The molecule has 0 bridgehead atoms. The van der Waals surface area contributed by atoms with Gasteiger partial charge in [-0.3, -0.25) is 18.5 Å². The first-order valence-corrected chi connectivity index (χ1v) is 9.19. The van der Waals surface area contributed by atoms with E-state index in [1.807, 2.05) is 28.8 Å². The molecule has 0 spiro atoms. The second kappa shape index (κ2) is 6.97. The Balaban J connectivity index is 1.99. The molecule has 0 radical (unpaired) electrons. The normalized spacial score (nSPS) is 11.4. The largest absolute Gasteiger partial charge is 0.356 e. The lowest BCUT2D eigenvalue weighted by Crippen LogP contribution is -2.53. The number of aryl methyl sites for hydroxylation is 1. The number of fused-ring (bicyclic) bond motifs is 2. The summed E-state index contributed by atoms with van der Waals surface area (Å²) < 4.78 is 4.38. The SMILES string of the molecule is Cn1c(=O)c2c(nc(NCC[NH3+])n2Cc2cccc3ccccc23)n(C)c1=O. The van der Waals surface area contributed by atoms with E-state index in [1.54, 1.807) is 7.05 Å². The summed E-state index contributed by atoms with van der Waals surface area (Å²) in [5.74, 6) is 0.560. The molecule has 0 saturated carbocycles. The van der Waals surface area contributed by atoms with Gasteiger partial charge in [0.25, 0.3) is 5.56 Å². The van der Waals surface area contributed by atoms with Crippen molar-refractivity contribution in [1.29, 1.82) is 0 Å². The number of benzene rings is 2. The number of nitrogens with zero attached hydrogens (tertiary/aromatic N) is 4. The summed E-state index contributed by atoms with van der Waals surface area (Å²) in [7, 11) is 3.12. The maximum absolute atomic E-state index is 12.9. The van der Waals surface area contributed by atoms with Gasteiger partial charge >= 0.3 is 5.69 Å². The van der Waals surface area contributed by atoms with Crippen LogP contribution in [0.1, 0.15) is 5.56 Å². The Morgan fingerprint density at radius 1 is 1.04 bits per heavy atom. The topological polar surface area (TPSA) is 101 Å². The third-order valence-corrected chi connectivity index (χ3v) is 5.02. The molecule has 0 aliphatic carbocycles. The molecule has 0 fully saturated rings. The van der Waals surface area contributed by atoms with Crippen LogP contribution >= 0.6 is 0 Å². The molecule has 144 valence electrons. The molecule has 0 aliphatic rings. The van der Waals surface area contributed by atoms with E-state index < -0.39 is 5.69 Å². The molecule has 0 unspecified atom stereocenters. The Morgan fingerprint density at radius 2 is 1.79 bits per heavy atom. The fourth-order valence-corrected chi connectivity index (χ4v) is 3.54. The van der Waals surface area contributed by atoms with Crippen molar-refractivity contribution >= 4 is 27.9 Å². The Hall–Kier alpha value is -3.39. The average Bonchev–Trinajstić information content (AvgIpc) is 3.07. The fraction of sp³-hybridized carbons (Fsp3) is 0.250. The highest BCUT2D eigenvalue weighted by molar-refractivity contribution is 5.86. The van der Waals surface area contributed by atoms with E-state index in [9.17, 15) is 9.59 Å². The molecule has 2 aromatic carbocycles. The van der Waals surface area contributed by atoms with Crippen molar-refractivity contribution in [2.45, 2.75) is 6.54 Å². The maximum Gasteiger partial charge on any atom is 0.332 e. The highest BCUT2D eigenvalue weighted by Gasteiger charge is 2.19. The number of imidazole rings is 1. The third-order valence-electron chi connectivity index (χ3n) is 5.02. The molecule has 4 N–H and O–H groups in total. The van der Waals surface area contributed by atoms with Crippen LogP contribution in [0.15, 0.2) is 52.1 Å². The minimum atomic E-state index is -0.393. The number of anilines is 1. The zero-order chi connectivity index (χ0) is 19.8. The second-order valence-electron chi connectivity index (χ2n) is 6.82. The monoisotopic (exact) mass is 379 g/mol. The fourth-order valence-electron chi connectivity index (χ4n) is 3.54. The molecule has 0 aliphatic heterocycles. The summed E-state index contributed by atoms with van der Waals surface area (Å²) in [6, 6.07) is 14.3. The third kappa shape index (κ3) is 2.78. The number of hydrogen-bond acceptors (Lipinski definition) is 4. The quantitative estimate of drug-likeness (QED) is 0.520. The number of hydrogen-bond donors (Lipinski definition) is 2. The van der Waals surface area contributed by atoms with Gasteiger partial charge in [-0.2, -0.15) is 4.98 Å². The highest BCUT2D eigenvalue weighted by atomic mass is 16.2. The van der Waals surface area contributed by atoms with Gasteiger partial charge in [-0.25, -0.2) is 4.79 Å². The van der Waals surface area contributed by atoms with Gasteiger partial charge in [0, 0.05) is 14.1 Å². The number of rotatable bonds is 5. The Kier molecular flexibility index (Phi) is 4.48. The number of aromatic nitrogens is 4. The molecule has 2 heterocycles. The van der Waals surface area contributed by atoms with Gasteiger partial charge in [0.15, 0.2) is 11.2 Å². The molecule has 4 rings (SSSR count). The average molecular weight is 379 g/mol. The van der Waals surface area contributed by atoms with E-state index in [0.717, 1.165) is 20.9 Å². The summed E-state index contributed by atoms with van der Waals surface area (Å²) in [6.07, 6.45) is 0. The molecular formula is C20H23N6O2+. The van der Waals surface area contributed by atoms with Crippen LogP contribution in [0.2, 0.25) is 0 Å². The molecule has 0 atom stereocenters. The molecule has 4 aromatic rings. The Bertz CT molecular complexity index is 1290. The first-order chi connectivity index (χ1) is 13.5. The standard InChI is InChI=1S/C20H22N6O2/c1-24-17-16(18(27)25(2)20(24)28)26(19(23-17)22-11-10-21)12-14-8-5-7-13-6-3-4-9-15(13)14/h3-9H,10-12,21H2,1-2H3,(H,22,23)/p+1. The van der Waals surface area contributed by atoms with Gasteiger partial charge in [-0.05, 0) is 16.3 Å². The Morgan fingerprint density at radius 3 is 2.57 bits per heavy atom. The first kappa shape index (κ1) is 18.0. The van der Waals surface area contributed by atoms with Gasteiger partial charge in [0.05, 0.1) is 19.6 Å². The molecular weight excluding hydrogens is 356 g/mol. The Labute approximate surface area is 160 Å². The van der Waals surface area contributed by atoms with E-state index in [2.05, 4.69) is 34.2 Å². The van der Waals surface area contributed by atoms with Gasteiger partial charge in [0.1, 0.15) is 0 Å². The number of quaternary nitrogens is 1. The van der Waals surface area contributed by atoms with Crippen molar-refractivity contribution in [2.75, 3.05) is 18.4 Å². The molecule has 28 heavy (non-hydrogen) atoms. The van der Waals surface area contributed by atoms with Gasteiger partial charge < -0.3 is 11.1 Å². The summed E-state index contributed by atoms with van der Waals surface area (Å²) >= 11 is 0. The van der Waals surface area contributed by atoms with Crippen molar-refractivity contribution in [3.05, 3.63) is 68.9 Å². The van der Waals surface area contributed by atoms with Crippen LogP contribution in [-0.4, -0.2) is 31.8 Å². The molecule has 0 amide bonds. The minimum absolute atomic E-state index is 0.353. The lowest BCUT2D eigenvalue weighted by atomic mass is 10.0. The van der Waals surface area contributed by atoms with Crippen LogP contribution in [0.4, 0.5) is 5.95 Å². The summed E-state index contributed by atoms with van der Waals surface area (Å²) in [5, 5.41) is 5.50. The predicted molar refractivity (Wildman–Crippen MR) is 110 cm³/mol. The van der Waals surface area contributed by atoms with E-state index >= 15 is 0 Å². The first-order valence-electron chi connectivity index (χ1n) is 9.19. The van der Waals surface area contributed by atoms with Gasteiger partial charge in [-0.1, -0.05) is 42.5 Å². The van der Waals surface area contributed by atoms with Crippen LogP contribution in [-0.2, 0) is 20.6 Å². The molecule has 8 heteroatoms. The summed E-state index contributed by atoms with van der Waals surface area (Å²) in [6.45, 7) is 1.76. The van der Waals surface area contributed by atoms with Gasteiger partial charge in [0.2, 0.25) is 5.95 Å². The lowest BCUT2D eigenvalue weighted by molar-refractivity contribution is -0.362. The van der Waals surface area contributed by atoms with E-state index in [0.29, 0.717) is 36.7 Å². The van der Waals surface area contributed by atoms with Crippen LogP contribution in [0.5, 0.6) is 0 Å². The van der Waals surface area contributed by atoms with Crippen molar-refractivity contribution in [1.82, 2.24) is 18.7 Å². The van der Waals surface area contributed by atoms with E-state index in [4.69, 9.17) is 0 Å². The van der Waals surface area contributed by atoms with Gasteiger partial charge in [-0.15, -0.1) is 0 Å². The second-order valence-corrected chi connectivity index (χ2v) is 6.82. The zero-order valence-electron chi connectivity index (χ0n) is 16.0. The predicted octanol–water partition coefficient (Wildman–Crippen LogP) is 0.289. The summed E-state index contributed by atoms with van der Waals surface area (Å²) in [5.41, 5.74) is 4.96. The van der Waals surface area contributed by atoms with Crippen LogP contribution in [0.3, 0.4) is 0 Å². The maximum atomic E-state index is 12.9. The van der Waals surface area contributed by atoms with Crippen molar-refractivity contribution in [2.24, 2.45) is 14.1 Å². The van der Waals surface area contributed by atoms with Crippen LogP contribution < -0.4 is 22.3 Å². The molecule has 2 aromatic heterocycles. The highest BCUT2D eigenvalue weighted by Crippen LogP contribution is 2.23. The molecule has 8 nitrogen and oxygen atoms in total. The molecule has 0 saturated heterocycles. The van der Waals surface area contributed by atoms with Crippen LogP contribution in [0, 0.1) is 0 Å². The van der Waals surface area contributed by atoms with Crippen molar-refractivity contribution < 1.29 is 5.73 Å². The smallest absolute Gasteiger partial charge is 0.332 e. The number of nitrogens with one attached hydrogen (secondary N) is 1. The van der Waals surface area contributed by atoms with Crippen molar-refractivity contribution in [3.8, 4) is 0 Å². The van der Waals surface area contributed by atoms with Crippen molar-refractivity contribution in [3.63, 3.8) is 0 Å². The minimum Gasteiger partial charge on any atom is -0.356 e. The lowest BCUT2D eigenvalue weighted by Gasteiger charge is -2.12.